The molecule has 0 saturated carbocycles. The van der Waals surface area contributed by atoms with E-state index in [2.05, 4.69) is 27.7 Å². The Kier molecular flexibility index (Phi) is 10.5. The van der Waals surface area contributed by atoms with Crippen molar-refractivity contribution in [3.63, 3.8) is 0 Å². The summed E-state index contributed by atoms with van der Waals surface area (Å²) in [5, 5.41) is 0.858. The van der Waals surface area contributed by atoms with Crippen molar-refractivity contribution in [2.45, 2.75) is 78.7 Å². The van der Waals surface area contributed by atoms with Gasteiger partial charge in [-0.15, -0.1) is 0 Å². The minimum absolute atomic E-state index is 0.0603. The van der Waals surface area contributed by atoms with Crippen LogP contribution in [-0.4, -0.2) is 12.1 Å². The van der Waals surface area contributed by atoms with Gasteiger partial charge in [0.2, 0.25) is 0 Å². The predicted octanol–water partition coefficient (Wildman–Crippen LogP) is 7.56. The topological polar surface area (TPSA) is 26.3 Å². The lowest BCUT2D eigenvalue weighted by Crippen LogP contribution is -2.21. The molecule has 0 saturated heterocycles. The van der Waals surface area contributed by atoms with Gasteiger partial charge in [-0.1, -0.05) is 76.6 Å². The molecule has 0 aliphatic carbocycles. The van der Waals surface area contributed by atoms with Crippen LogP contribution in [0.3, 0.4) is 0 Å². The fourth-order valence-corrected chi connectivity index (χ4v) is 3.57. The summed E-state index contributed by atoms with van der Waals surface area (Å²) in [6.45, 7) is 8.79. The molecule has 2 nitrogen and oxygen atoms in total. The molecular weight excluding hydrogens is 355 g/mol. The number of rotatable bonds is 11. The summed E-state index contributed by atoms with van der Waals surface area (Å²) in [7, 11) is 0. The zero-order valence-electron chi connectivity index (χ0n) is 16.0. The summed E-state index contributed by atoms with van der Waals surface area (Å²) >= 11 is 12.0. The van der Waals surface area contributed by atoms with Gasteiger partial charge in [0.25, 0.3) is 0 Å². The van der Waals surface area contributed by atoms with E-state index >= 15 is 0 Å². The molecule has 0 N–H and O–H groups in total. The molecule has 1 aromatic rings. The molecule has 0 fully saturated rings. The van der Waals surface area contributed by atoms with Crippen LogP contribution < -0.4 is 0 Å². The van der Waals surface area contributed by atoms with Crippen molar-refractivity contribution in [3.8, 4) is 0 Å². The molecule has 2 atom stereocenters. The van der Waals surface area contributed by atoms with Crippen LogP contribution in [0.5, 0.6) is 0 Å². The van der Waals surface area contributed by atoms with Gasteiger partial charge < -0.3 is 4.74 Å². The number of ether oxygens (including phenoxy) is 1. The molecule has 0 aliphatic rings. The Hall–Kier alpha value is -0.730. The minimum atomic E-state index is -0.353. The van der Waals surface area contributed by atoms with Gasteiger partial charge in [-0.25, -0.2) is 4.79 Å². The second-order valence-electron chi connectivity index (χ2n) is 7.27. The van der Waals surface area contributed by atoms with Crippen LogP contribution in [0.15, 0.2) is 18.2 Å². The highest BCUT2D eigenvalue weighted by molar-refractivity contribution is 6.36. The van der Waals surface area contributed by atoms with Gasteiger partial charge in [0.15, 0.2) is 0 Å². The summed E-state index contributed by atoms with van der Waals surface area (Å²) in [6, 6.07) is 4.88. The molecule has 25 heavy (non-hydrogen) atoms. The van der Waals surface area contributed by atoms with Gasteiger partial charge in [0.1, 0.15) is 6.10 Å². The lowest BCUT2D eigenvalue weighted by Gasteiger charge is -2.23. The van der Waals surface area contributed by atoms with Crippen molar-refractivity contribution in [2.24, 2.45) is 11.8 Å². The molecule has 1 rings (SSSR count). The first-order valence-corrected chi connectivity index (χ1v) is 10.3. The maximum Gasteiger partial charge on any atom is 0.339 e. The van der Waals surface area contributed by atoms with Crippen LogP contribution in [0, 0.1) is 11.8 Å². The summed E-state index contributed by atoms with van der Waals surface area (Å²) in [4.78, 5) is 12.5. The summed E-state index contributed by atoms with van der Waals surface area (Å²) in [5.41, 5.74) is 0.387. The first-order chi connectivity index (χ1) is 11.9. The lowest BCUT2D eigenvalue weighted by atomic mass is 9.91. The Morgan fingerprint density at radius 2 is 1.84 bits per heavy atom. The standard InChI is InChI=1S/C21H32Cl2O2/c1-5-7-8-16(6-2)9-11-18(13-15(3)4)25-21(24)19-12-10-17(22)14-20(19)23/h10,12,14-16,18H,5-9,11,13H2,1-4H3. The fraction of sp³-hybridized carbons (Fsp3) is 0.667. The monoisotopic (exact) mass is 386 g/mol. The predicted molar refractivity (Wildman–Crippen MR) is 108 cm³/mol. The second kappa shape index (κ2) is 11.8. The number of carbonyl (C=O) groups is 1. The van der Waals surface area contributed by atoms with Crippen molar-refractivity contribution in [1.82, 2.24) is 0 Å². The van der Waals surface area contributed by atoms with Crippen molar-refractivity contribution in [3.05, 3.63) is 33.8 Å². The molecule has 1 aromatic carbocycles. The third-order valence-electron chi connectivity index (χ3n) is 4.60. The SMILES string of the molecule is CCCCC(CC)CCC(CC(C)C)OC(=O)c1ccc(Cl)cc1Cl. The van der Waals surface area contributed by atoms with Crippen LogP contribution in [0.1, 0.15) is 83.0 Å². The summed E-state index contributed by atoms with van der Waals surface area (Å²) in [5.74, 6) is 0.843. The van der Waals surface area contributed by atoms with E-state index in [9.17, 15) is 4.79 Å². The van der Waals surface area contributed by atoms with Crippen LogP contribution in [-0.2, 0) is 4.74 Å². The molecule has 0 radical (unpaired) electrons. The molecule has 4 heteroatoms. The fourth-order valence-electron chi connectivity index (χ4n) is 3.09. The normalized spacial score (nSPS) is 13.7. The van der Waals surface area contributed by atoms with E-state index in [1.165, 1.54) is 25.7 Å². The molecule has 0 aromatic heterocycles. The molecule has 2 unspecified atom stereocenters. The molecule has 0 aliphatic heterocycles. The van der Waals surface area contributed by atoms with Crippen LogP contribution >= 0.6 is 23.2 Å². The van der Waals surface area contributed by atoms with E-state index in [1.807, 2.05) is 0 Å². The van der Waals surface area contributed by atoms with Crippen molar-refractivity contribution < 1.29 is 9.53 Å². The second-order valence-corrected chi connectivity index (χ2v) is 8.12. The molecule has 0 amide bonds. The summed E-state index contributed by atoms with van der Waals surface area (Å²) < 4.78 is 5.80. The average Bonchev–Trinajstić information content (AvgIpc) is 2.54. The van der Waals surface area contributed by atoms with E-state index in [-0.39, 0.29) is 12.1 Å². The number of unbranched alkanes of at least 4 members (excludes halogenated alkanes) is 1. The Morgan fingerprint density at radius 1 is 1.12 bits per heavy atom. The quantitative estimate of drug-likeness (QED) is 0.366. The van der Waals surface area contributed by atoms with Gasteiger partial charge >= 0.3 is 5.97 Å². The van der Waals surface area contributed by atoms with Crippen molar-refractivity contribution >= 4 is 29.2 Å². The first-order valence-electron chi connectivity index (χ1n) is 9.53. The van der Waals surface area contributed by atoms with E-state index in [0.29, 0.717) is 27.4 Å². The van der Waals surface area contributed by atoms with Crippen molar-refractivity contribution in [2.75, 3.05) is 0 Å². The average molecular weight is 387 g/mol. The number of halogens is 2. The maximum atomic E-state index is 12.5. The molecule has 0 heterocycles. The molecule has 0 bridgehead atoms. The van der Waals surface area contributed by atoms with Gasteiger partial charge in [-0.05, 0) is 49.3 Å². The van der Waals surface area contributed by atoms with Crippen LogP contribution in [0.25, 0.3) is 0 Å². The zero-order valence-corrected chi connectivity index (χ0v) is 17.5. The number of carbonyl (C=O) groups excluding carboxylic acids is 1. The number of hydrogen-bond donors (Lipinski definition) is 0. The van der Waals surface area contributed by atoms with Gasteiger partial charge in [-0.2, -0.15) is 0 Å². The minimum Gasteiger partial charge on any atom is -0.459 e. The molecular formula is C21H32Cl2O2. The zero-order chi connectivity index (χ0) is 18.8. The van der Waals surface area contributed by atoms with E-state index < -0.39 is 0 Å². The highest BCUT2D eigenvalue weighted by Gasteiger charge is 2.20. The third kappa shape index (κ3) is 8.46. The highest BCUT2D eigenvalue weighted by Crippen LogP contribution is 2.26. The molecule has 142 valence electrons. The number of esters is 1. The highest BCUT2D eigenvalue weighted by atomic mass is 35.5. The Balaban J connectivity index is 2.69. The summed E-state index contributed by atoms with van der Waals surface area (Å²) in [6.07, 6.45) is 7.79. The number of benzene rings is 1. The van der Waals surface area contributed by atoms with Crippen molar-refractivity contribution in [1.29, 1.82) is 0 Å². The lowest BCUT2D eigenvalue weighted by molar-refractivity contribution is 0.0214. The Bertz CT molecular complexity index is 529. The Morgan fingerprint density at radius 3 is 2.40 bits per heavy atom. The largest absolute Gasteiger partial charge is 0.459 e. The van der Waals surface area contributed by atoms with E-state index in [0.717, 1.165) is 19.3 Å². The smallest absolute Gasteiger partial charge is 0.339 e. The van der Waals surface area contributed by atoms with E-state index in [4.69, 9.17) is 27.9 Å². The first kappa shape index (κ1) is 22.3. The third-order valence-corrected chi connectivity index (χ3v) is 5.15. The Labute approximate surface area is 163 Å². The van der Waals surface area contributed by atoms with Crippen LogP contribution in [0.4, 0.5) is 0 Å². The van der Waals surface area contributed by atoms with Crippen LogP contribution in [0.2, 0.25) is 10.0 Å². The maximum absolute atomic E-state index is 12.5. The van der Waals surface area contributed by atoms with Gasteiger partial charge in [0.05, 0.1) is 10.6 Å². The van der Waals surface area contributed by atoms with Gasteiger partial charge in [-0.3, -0.25) is 0 Å². The van der Waals surface area contributed by atoms with E-state index in [1.54, 1.807) is 18.2 Å². The number of hydrogen-bond acceptors (Lipinski definition) is 2. The van der Waals surface area contributed by atoms with Gasteiger partial charge in [0, 0.05) is 5.02 Å². The molecule has 0 spiro atoms.